The van der Waals surface area contributed by atoms with Gasteiger partial charge in [-0.25, -0.2) is 9.18 Å². The minimum Gasteiger partial charge on any atom is -0.395 e. The first-order chi connectivity index (χ1) is 11.0. The van der Waals surface area contributed by atoms with Crippen LogP contribution in [0.5, 0.6) is 0 Å². The zero-order valence-electron chi connectivity index (χ0n) is 13.0. The van der Waals surface area contributed by atoms with Gasteiger partial charge in [-0.05, 0) is 13.0 Å². The summed E-state index contributed by atoms with van der Waals surface area (Å²) in [6.07, 6.45) is 0. The SMILES string of the molecule is Cc1cc(=O)n(CCN(CCO)Cc2ccccc2F)c(=O)[nH]1. The second-order valence-electron chi connectivity index (χ2n) is 5.34. The Morgan fingerprint density at radius 2 is 2.00 bits per heavy atom. The van der Waals surface area contributed by atoms with Gasteiger partial charge in [0.25, 0.3) is 5.56 Å². The van der Waals surface area contributed by atoms with Crippen LogP contribution >= 0.6 is 0 Å². The van der Waals surface area contributed by atoms with Gasteiger partial charge in [-0.1, -0.05) is 18.2 Å². The molecule has 2 rings (SSSR count). The number of aliphatic hydroxyl groups excluding tert-OH is 1. The van der Waals surface area contributed by atoms with E-state index < -0.39 is 5.69 Å². The zero-order chi connectivity index (χ0) is 16.8. The van der Waals surface area contributed by atoms with Crippen LogP contribution in [0, 0.1) is 12.7 Å². The molecule has 1 aromatic heterocycles. The highest BCUT2D eigenvalue weighted by molar-refractivity contribution is 5.17. The Hall–Kier alpha value is -2.25. The molecule has 2 aromatic rings. The predicted octanol–water partition coefficient (Wildman–Crippen LogP) is 0.479. The van der Waals surface area contributed by atoms with Crippen LogP contribution in [0.1, 0.15) is 11.3 Å². The number of aryl methyl sites for hydroxylation is 1. The molecular weight excluding hydrogens is 301 g/mol. The van der Waals surface area contributed by atoms with Crippen LogP contribution in [0.25, 0.3) is 0 Å². The van der Waals surface area contributed by atoms with E-state index in [4.69, 9.17) is 5.11 Å². The molecule has 0 unspecified atom stereocenters. The van der Waals surface area contributed by atoms with E-state index >= 15 is 0 Å². The van der Waals surface area contributed by atoms with Gasteiger partial charge in [0.05, 0.1) is 6.61 Å². The number of aromatic nitrogens is 2. The quantitative estimate of drug-likeness (QED) is 0.777. The number of H-pyrrole nitrogens is 1. The Kier molecular flexibility index (Phi) is 5.84. The van der Waals surface area contributed by atoms with Crippen molar-refractivity contribution in [3.05, 3.63) is 68.2 Å². The van der Waals surface area contributed by atoms with E-state index in [9.17, 15) is 14.0 Å². The minimum atomic E-state index is -0.468. The van der Waals surface area contributed by atoms with Crippen molar-refractivity contribution in [2.75, 3.05) is 19.7 Å². The van der Waals surface area contributed by atoms with E-state index in [-0.39, 0.29) is 24.5 Å². The molecule has 0 aliphatic heterocycles. The van der Waals surface area contributed by atoms with Gasteiger partial charge in [0.2, 0.25) is 0 Å². The van der Waals surface area contributed by atoms with Gasteiger partial charge >= 0.3 is 5.69 Å². The summed E-state index contributed by atoms with van der Waals surface area (Å²) < 4.78 is 14.8. The number of hydrogen-bond acceptors (Lipinski definition) is 4. The summed E-state index contributed by atoms with van der Waals surface area (Å²) in [5.74, 6) is -0.319. The summed E-state index contributed by atoms with van der Waals surface area (Å²) in [7, 11) is 0. The standard InChI is InChI=1S/C16H20FN3O3/c1-12-10-15(22)20(16(23)18-12)7-6-19(8-9-21)11-13-4-2-3-5-14(13)17/h2-5,10,21H,6-9,11H2,1H3,(H,18,23). The fourth-order valence-corrected chi connectivity index (χ4v) is 2.37. The van der Waals surface area contributed by atoms with Gasteiger partial charge in [0.15, 0.2) is 0 Å². The molecule has 0 aliphatic rings. The highest BCUT2D eigenvalue weighted by Crippen LogP contribution is 2.09. The van der Waals surface area contributed by atoms with Gasteiger partial charge in [-0.3, -0.25) is 14.3 Å². The Morgan fingerprint density at radius 3 is 2.65 bits per heavy atom. The first-order valence-corrected chi connectivity index (χ1v) is 7.38. The number of aliphatic hydroxyl groups is 1. The summed E-state index contributed by atoms with van der Waals surface area (Å²) in [6.45, 7) is 2.69. The van der Waals surface area contributed by atoms with E-state index in [2.05, 4.69) is 4.98 Å². The van der Waals surface area contributed by atoms with Crippen molar-refractivity contribution in [3.63, 3.8) is 0 Å². The topological polar surface area (TPSA) is 78.3 Å². The number of hydrogen-bond donors (Lipinski definition) is 2. The molecule has 1 heterocycles. The number of aromatic amines is 1. The van der Waals surface area contributed by atoms with Crippen molar-refractivity contribution >= 4 is 0 Å². The average Bonchev–Trinajstić information content (AvgIpc) is 2.48. The number of nitrogens with zero attached hydrogens (tertiary/aromatic N) is 2. The summed E-state index contributed by atoms with van der Waals surface area (Å²) >= 11 is 0. The van der Waals surface area contributed by atoms with Crippen molar-refractivity contribution in [2.45, 2.75) is 20.0 Å². The Bertz CT molecular complexity index is 738. The van der Waals surface area contributed by atoms with Gasteiger partial charge in [-0.15, -0.1) is 0 Å². The van der Waals surface area contributed by atoms with Gasteiger partial charge in [0.1, 0.15) is 5.82 Å². The molecular formula is C16H20FN3O3. The molecule has 0 atom stereocenters. The Labute approximate surface area is 132 Å². The van der Waals surface area contributed by atoms with E-state index in [1.807, 2.05) is 0 Å². The van der Waals surface area contributed by atoms with Crippen LogP contribution < -0.4 is 11.2 Å². The highest BCUT2D eigenvalue weighted by atomic mass is 19.1. The summed E-state index contributed by atoms with van der Waals surface area (Å²) in [6, 6.07) is 7.76. The van der Waals surface area contributed by atoms with Crippen LogP contribution in [0.15, 0.2) is 39.9 Å². The van der Waals surface area contributed by atoms with Crippen LogP contribution in [0.3, 0.4) is 0 Å². The smallest absolute Gasteiger partial charge is 0.328 e. The first-order valence-electron chi connectivity index (χ1n) is 7.38. The van der Waals surface area contributed by atoms with Crippen molar-refractivity contribution in [1.82, 2.24) is 14.5 Å². The lowest BCUT2D eigenvalue weighted by Crippen LogP contribution is -2.39. The van der Waals surface area contributed by atoms with Crippen LogP contribution in [-0.2, 0) is 13.1 Å². The lowest BCUT2D eigenvalue weighted by Gasteiger charge is -2.21. The van der Waals surface area contributed by atoms with Crippen LogP contribution in [0.2, 0.25) is 0 Å². The fourth-order valence-electron chi connectivity index (χ4n) is 2.37. The summed E-state index contributed by atoms with van der Waals surface area (Å²) in [4.78, 5) is 28.1. The number of nitrogens with one attached hydrogen (secondary N) is 1. The van der Waals surface area contributed by atoms with E-state index in [1.165, 1.54) is 12.1 Å². The maximum absolute atomic E-state index is 13.7. The average molecular weight is 321 g/mol. The second kappa shape index (κ2) is 7.85. The van der Waals surface area contributed by atoms with Gasteiger partial charge in [0, 0.05) is 43.5 Å². The monoisotopic (exact) mass is 321 g/mol. The molecule has 0 aliphatic carbocycles. The largest absolute Gasteiger partial charge is 0.395 e. The summed E-state index contributed by atoms with van der Waals surface area (Å²) in [5.41, 5.74) is 0.173. The minimum absolute atomic E-state index is 0.0897. The maximum Gasteiger partial charge on any atom is 0.328 e. The van der Waals surface area contributed by atoms with Crippen molar-refractivity contribution in [1.29, 1.82) is 0 Å². The third-order valence-electron chi connectivity index (χ3n) is 3.56. The molecule has 7 heteroatoms. The second-order valence-corrected chi connectivity index (χ2v) is 5.34. The molecule has 6 nitrogen and oxygen atoms in total. The van der Waals surface area contributed by atoms with Crippen LogP contribution in [0.4, 0.5) is 4.39 Å². The third-order valence-corrected chi connectivity index (χ3v) is 3.56. The highest BCUT2D eigenvalue weighted by Gasteiger charge is 2.10. The molecule has 124 valence electrons. The predicted molar refractivity (Wildman–Crippen MR) is 84.8 cm³/mol. The molecule has 0 amide bonds. The molecule has 0 radical (unpaired) electrons. The normalized spacial score (nSPS) is 11.1. The molecule has 0 saturated carbocycles. The van der Waals surface area contributed by atoms with Gasteiger partial charge < -0.3 is 10.1 Å². The lowest BCUT2D eigenvalue weighted by molar-refractivity contribution is 0.182. The molecule has 0 saturated heterocycles. The summed E-state index contributed by atoms with van der Waals surface area (Å²) in [5, 5.41) is 9.15. The van der Waals surface area contributed by atoms with E-state index in [0.29, 0.717) is 30.9 Å². The third kappa shape index (κ3) is 4.61. The van der Waals surface area contributed by atoms with Crippen molar-refractivity contribution in [3.8, 4) is 0 Å². The number of halogens is 1. The molecule has 23 heavy (non-hydrogen) atoms. The molecule has 1 aromatic carbocycles. The number of rotatable bonds is 7. The number of benzene rings is 1. The Balaban J connectivity index is 2.10. The van der Waals surface area contributed by atoms with Crippen molar-refractivity contribution in [2.24, 2.45) is 0 Å². The van der Waals surface area contributed by atoms with E-state index in [0.717, 1.165) is 4.57 Å². The Morgan fingerprint density at radius 1 is 1.26 bits per heavy atom. The zero-order valence-corrected chi connectivity index (χ0v) is 13.0. The maximum atomic E-state index is 13.7. The molecule has 0 fully saturated rings. The van der Waals surface area contributed by atoms with Crippen molar-refractivity contribution < 1.29 is 9.50 Å². The first kappa shape index (κ1) is 17.1. The fraction of sp³-hybridized carbons (Fsp3) is 0.375. The molecule has 0 spiro atoms. The lowest BCUT2D eigenvalue weighted by atomic mass is 10.2. The van der Waals surface area contributed by atoms with E-state index in [1.54, 1.807) is 30.0 Å². The van der Waals surface area contributed by atoms with Gasteiger partial charge in [-0.2, -0.15) is 0 Å². The molecule has 0 bridgehead atoms. The molecule has 2 N–H and O–H groups in total. The van der Waals surface area contributed by atoms with Crippen LogP contribution in [-0.4, -0.2) is 39.3 Å².